The number of carbonyl (C=O) groups excluding carboxylic acids is 2. The molecule has 0 aromatic carbocycles. The van der Waals surface area contributed by atoms with E-state index in [0.717, 1.165) is 13.0 Å². The number of aliphatic hydroxyl groups is 1. The molecule has 0 saturated carbocycles. The van der Waals surface area contributed by atoms with Gasteiger partial charge in [-0.15, -0.1) is 0 Å². The molecule has 0 aliphatic carbocycles. The first-order chi connectivity index (χ1) is 8.61. The van der Waals surface area contributed by atoms with Gasteiger partial charge in [0.1, 0.15) is 5.78 Å². The van der Waals surface area contributed by atoms with E-state index in [1.165, 1.54) is 0 Å². The van der Waals surface area contributed by atoms with Gasteiger partial charge in [0.25, 0.3) is 0 Å². The summed E-state index contributed by atoms with van der Waals surface area (Å²) in [7, 11) is 0. The van der Waals surface area contributed by atoms with E-state index in [9.17, 15) is 14.7 Å². The number of hydrogen-bond acceptors (Lipinski definition) is 4. The molecule has 5 nitrogen and oxygen atoms in total. The molecule has 2 unspecified atom stereocenters. The lowest BCUT2D eigenvalue weighted by Crippen LogP contribution is -2.46. The molecule has 102 valence electrons. The van der Waals surface area contributed by atoms with Gasteiger partial charge in [0.05, 0.1) is 13.2 Å². The summed E-state index contributed by atoms with van der Waals surface area (Å²) in [6.07, 6.45) is 2.02. The molecule has 2 aliphatic heterocycles. The Morgan fingerprint density at radius 2 is 2.00 bits per heavy atom. The number of nitrogens with zero attached hydrogens (tertiary/aromatic N) is 2. The molecule has 0 bridgehead atoms. The van der Waals surface area contributed by atoms with Crippen molar-refractivity contribution in [1.29, 1.82) is 0 Å². The quantitative estimate of drug-likeness (QED) is 0.763. The average molecular weight is 254 g/mol. The molecule has 0 aromatic heterocycles. The first kappa shape index (κ1) is 13.5. The third-order valence-corrected chi connectivity index (χ3v) is 4.20. The second-order valence-corrected chi connectivity index (χ2v) is 5.41. The topological polar surface area (TPSA) is 60.9 Å². The number of ketones is 1. The Morgan fingerprint density at radius 1 is 1.33 bits per heavy atom. The second-order valence-electron chi connectivity index (χ2n) is 5.41. The minimum Gasteiger partial charge on any atom is -0.395 e. The van der Waals surface area contributed by atoms with E-state index < -0.39 is 0 Å². The fourth-order valence-corrected chi connectivity index (χ4v) is 2.86. The van der Waals surface area contributed by atoms with Gasteiger partial charge in [-0.2, -0.15) is 0 Å². The van der Waals surface area contributed by atoms with Gasteiger partial charge < -0.3 is 10.0 Å². The minimum atomic E-state index is 0.0926. The molecule has 0 aromatic rings. The Kier molecular flexibility index (Phi) is 4.35. The molecule has 5 heteroatoms. The summed E-state index contributed by atoms with van der Waals surface area (Å²) in [5, 5.41) is 9.35. The zero-order valence-corrected chi connectivity index (χ0v) is 11.0. The van der Waals surface area contributed by atoms with E-state index in [4.69, 9.17) is 0 Å². The van der Waals surface area contributed by atoms with E-state index in [-0.39, 0.29) is 24.3 Å². The smallest absolute Gasteiger partial charge is 0.236 e. The first-order valence-corrected chi connectivity index (χ1v) is 6.76. The number of Topliss-reactive ketones (excluding diaryl/α,β-unsaturated/α-hetero) is 1. The summed E-state index contributed by atoms with van der Waals surface area (Å²) < 4.78 is 0. The van der Waals surface area contributed by atoms with Crippen molar-refractivity contribution in [2.45, 2.75) is 32.2 Å². The fraction of sp³-hybridized carbons (Fsp3) is 0.846. The highest BCUT2D eigenvalue weighted by Crippen LogP contribution is 2.23. The van der Waals surface area contributed by atoms with Gasteiger partial charge in [-0.25, -0.2) is 0 Å². The van der Waals surface area contributed by atoms with Gasteiger partial charge in [-0.3, -0.25) is 14.5 Å². The lowest BCUT2D eigenvalue weighted by Gasteiger charge is -2.30. The lowest BCUT2D eigenvalue weighted by molar-refractivity contribution is -0.135. The van der Waals surface area contributed by atoms with E-state index in [1.807, 2.05) is 0 Å². The van der Waals surface area contributed by atoms with Crippen LogP contribution in [0, 0.1) is 5.92 Å². The van der Waals surface area contributed by atoms with Crippen LogP contribution in [0.3, 0.4) is 0 Å². The van der Waals surface area contributed by atoms with Crippen LogP contribution in [0.25, 0.3) is 0 Å². The molecule has 2 rings (SSSR count). The Labute approximate surface area is 108 Å². The normalized spacial score (nSPS) is 29.9. The third-order valence-electron chi connectivity index (χ3n) is 4.20. The molecule has 2 fully saturated rings. The minimum absolute atomic E-state index is 0.0926. The number of hydrogen-bond donors (Lipinski definition) is 1. The largest absolute Gasteiger partial charge is 0.395 e. The number of amides is 1. The third kappa shape index (κ3) is 2.90. The first-order valence-electron chi connectivity index (χ1n) is 6.76. The van der Waals surface area contributed by atoms with Crippen molar-refractivity contribution >= 4 is 11.7 Å². The number of likely N-dealkylation sites (tertiary alicyclic amines) is 2. The predicted molar refractivity (Wildman–Crippen MR) is 67.0 cm³/mol. The maximum atomic E-state index is 12.1. The van der Waals surface area contributed by atoms with Crippen LogP contribution in [0.5, 0.6) is 0 Å². The van der Waals surface area contributed by atoms with Crippen molar-refractivity contribution in [1.82, 2.24) is 9.80 Å². The maximum Gasteiger partial charge on any atom is 0.236 e. The molecule has 2 heterocycles. The van der Waals surface area contributed by atoms with Crippen LogP contribution in [0.1, 0.15) is 26.2 Å². The van der Waals surface area contributed by atoms with Crippen LogP contribution in [-0.2, 0) is 9.59 Å². The molecule has 2 atom stereocenters. The molecule has 0 spiro atoms. The molecule has 2 saturated heterocycles. The summed E-state index contributed by atoms with van der Waals surface area (Å²) >= 11 is 0. The molecule has 1 amide bonds. The van der Waals surface area contributed by atoms with Crippen molar-refractivity contribution in [3.8, 4) is 0 Å². The van der Waals surface area contributed by atoms with Crippen molar-refractivity contribution in [2.75, 3.05) is 32.8 Å². The van der Waals surface area contributed by atoms with Crippen LogP contribution >= 0.6 is 0 Å². The summed E-state index contributed by atoms with van der Waals surface area (Å²) in [5.41, 5.74) is 0. The predicted octanol–water partition coefficient (Wildman–Crippen LogP) is -0.119. The SMILES string of the molecule is CC1CCN(CC(=O)N2CCC(=O)CC2)C1CO. The van der Waals surface area contributed by atoms with Gasteiger partial charge in [-0.1, -0.05) is 6.92 Å². The van der Waals surface area contributed by atoms with Gasteiger partial charge in [0.2, 0.25) is 5.91 Å². The number of piperidine rings is 1. The van der Waals surface area contributed by atoms with Crippen LogP contribution in [-0.4, -0.2) is 65.4 Å². The highest BCUT2D eigenvalue weighted by Gasteiger charge is 2.33. The van der Waals surface area contributed by atoms with Gasteiger partial charge in [0.15, 0.2) is 0 Å². The molecular weight excluding hydrogens is 232 g/mol. The Balaban J connectivity index is 1.85. The zero-order valence-electron chi connectivity index (χ0n) is 11.0. The number of aliphatic hydroxyl groups excluding tert-OH is 1. The monoisotopic (exact) mass is 254 g/mol. The average Bonchev–Trinajstić information content (AvgIpc) is 2.70. The van der Waals surface area contributed by atoms with Crippen LogP contribution in [0.4, 0.5) is 0 Å². The van der Waals surface area contributed by atoms with Crippen LogP contribution in [0.15, 0.2) is 0 Å². The van der Waals surface area contributed by atoms with Crippen LogP contribution in [0.2, 0.25) is 0 Å². The van der Waals surface area contributed by atoms with Gasteiger partial charge in [-0.05, 0) is 18.9 Å². The van der Waals surface area contributed by atoms with E-state index in [1.54, 1.807) is 4.90 Å². The second kappa shape index (κ2) is 5.80. The van der Waals surface area contributed by atoms with E-state index >= 15 is 0 Å². The summed E-state index contributed by atoms with van der Waals surface area (Å²) in [4.78, 5) is 27.1. The van der Waals surface area contributed by atoms with Crippen LogP contribution < -0.4 is 0 Å². The molecule has 2 aliphatic rings. The fourth-order valence-electron chi connectivity index (χ4n) is 2.86. The maximum absolute atomic E-state index is 12.1. The van der Waals surface area contributed by atoms with Crippen molar-refractivity contribution in [3.05, 3.63) is 0 Å². The Hall–Kier alpha value is -0.940. The highest BCUT2D eigenvalue weighted by atomic mass is 16.3. The van der Waals surface area contributed by atoms with Gasteiger partial charge >= 0.3 is 0 Å². The Morgan fingerprint density at radius 3 is 2.61 bits per heavy atom. The van der Waals surface area contributed by atoms with E-state index in [2.05, 4.69) is 11.8 Å². The number of carbonyl (C=O) groups is 2. The lowest BCUT2D eigenvalue weighted by atomic mass is 10.0. The molecular formula is C13H22N2O3. The molecule has 18 heavy (non-hydrogen) atoms. The summed E-state index contributed by atoms with van der Waals surface area (Å²) in [6.45, 7) is 4.61. The number of rotatable bonds is 3. The van der Waals surface area contributed by atoms with Crippen molar-refractivity contribution in [3.63, 3.8) is 0 Å². The Bertz CT molecular complexity index is 322. The van der Waals surface area contributed by atoms with Crippen molar-refractivity contribution < 1.29 is 14.7 Å². The van der Waals surface area contributed by atoms with E-state index in [0.29, 0.717) is 38.4 Å². The zero-order chi connectivity index (χ0) is 13.1. The molecule has 1 N–H and O–H groups in total. The highest BCUT2D eigenvalue weighted by molar-refractivity contribution is 5.84. The molecule has 0 radical (unpaired) electrons. The van der Waals surface area contributed by atoms with Gasteiger partial charge in [0, 0.05) is 32.0 Å². The standard InChI is InChI=1S/C13H22N2O3/c1-10-2-5-15(12(10)9-16)8-13(18)14-6-3-11(17)4-7-14/h10,12,16H,2-9H2,1H3. The summed E-state index contributed by atoms with van der Waals surface area (Å²) in [6, 6.07) is 0.111. The summed E-state index contributed by atoms with van der Waals surface area (Å²) in [5.74, 6) is 0.794. The van der Waals surface area contributed by atoms with Crippen molar-refractivity contribution in [2.24, 2.45) is 5.92 Å².